The van der Waals surface area contributed by atoms with Crippen molar-refractivity contribution in [2.45, 2.75) is 13.2 Å². The molecule has 1 heterocycles. The van der Waals surface area contributed by atoms with Gasteiger partial charge in [-0.25, -0.2) is 13.6 Å². The fourth-order valence-corrected chi connectivity index (χ4v) is 2.87. The van der Waals surface area contributed by atoms with E-state index >= 15 is 0 Å². The molecular formula is C22H16F2N4O2. The molecule has 30 heavy (non-hydrogen) atoms. The van der Waals surface area contributed by atoms with Crippen molar-refractivity contribution in [2.24, 2.45) is 0 Å². The van der Waals surface area contributed by atoms with Gasteiger partial charge in [0.2, 0.25) is 5.82 Å². The summed E-state index contributed by atoms with van der Waals surface area (Å²) in [6.45, 7) is 0.225. The summed E-state index contributed by atoms with van der Waals surface area (Å²) in [4.78, 5) is 13.7. The standard InChI is InChI=1S/C22H16F2N4O2/c23-19-8-1-4-15(10-19)13-28-26-21(25-27-28)17-6-3-7-18(12-17)22(29)30-14-16-5-2-9-20(24)11-16/h1-12H,13-14H2. The highest BCUT2D eigenvalue weighted by Gasteiger charge is 2.12. The van der Waals surface area contributed by atoms with Crippen molar-refractivity contribution in [1.82, 2.24) is 20.2 Å². The Morgan fingerprint density at radius 1 is 0.900 bits per heavy atom. The molecule has 0 spiro atoms. The lowest BCUT2D eigenvalue weighted by Gasteiger charge is -2.06. The number of ether oxygens (including phenoxy) is 1. The number of rotatable bonds is 6. The van der Waals surface area contributed by atoms with E-state index in [-0.39, 0.29) is 19.0 Å². The molecule has 0 bridgehead atoms. The van der Waals surface area contributed by atoms with Crippen LogP contribution in [-0.2, 0) is 17.9 Å². The zero-order valence-electron chi connectivity index (χ0n) is 15.7. The SMILES string of the molecule is O=C(OCc1cccc(F)c1)c1cccc(-c2nnn(Cc3cccc(F)c3)n2)c1. The summed E-state index contributed by atoms with van der Waals surface area (Å²) in [6.07, 6.45) is 0. The summed E-state index contributed by atoms with van der Waals surface area (Å²) in [5, 5.41) is 12.3. The van der Waals surface area contributed by atoms with Gasteiger partial charge in [-0.05, 0) is 52.7 Å². The van der Waals surface area contributed by atoms with E-state index in [1.54, 1.807) is 48.5 Å². The third-order valence-electron chi connectivity index (χ3n) is 4.28. The maximum Gasteiger partial charge on any atom is 0.338 e. The number of carbonyl (C=O) groups excluding carboxylic acids is 1. The largest absolute Gasteiger partial charge is 0.457 e. The quantitative estimate of drug-likeness (QED) is 0.452. The number of hydrogen-bond donors (Lipinski definition) is 0. The van der Waals surface area contributed by atoms with Gasteiger partial charge in [-0.1, -0.05) is 36.4 Å². The molecular weight excluding hydrogens is 390 g/mol. The first-order valence-electron chi connectivity index (χ1n) is 9.11. The first kappa shape index (κ1) is 19.4. The molecule has 0 atom stereocenters. The van der Waals surface area contributed by atoms with E-state index in [0.29, 0.717) is 28.1 Å². The summed E-state index contributed by atoms with van der Waals surface area (Å²) < 4.78 is 31.8. The van der Waals surface area contributed by atoms with Gasteiger partial charge in [0.1, 0.15) is 18.2 Å². The molecule has 150 valence electrons. The Morgan fingerprint density at radius 2 is 1.60 bits per heavy atom. The second-order valence-corrected chi connectivity index (χ2v) is 6.56. The summed E-state index contributed by atoms with van der Waals surface area (Å²) in [7, 11) is 0. The van der Waals surface area contributed by atoms with Gasteiger partial charge < -0.3 is 4.74 Å². The maximum atomic E-state index is 13.3. The lowest BCUT2D eigenvalue weighted by molar-refractivity contribution is 0.0472. The maximum absolute atomic E-state index is 13.3. The van der Waals surface area contributed by atoms with Crippen molar-refractivity contribution in [1.29, 1.82) is 0 Å². The van der Waals surface area contributed by atoms with Crippen LogP contribution >= 0.6 is 0 Å². The van der Waals surface area contributed by atoms with Crippen LogP contribution in [0, 0.1) is 11.6 Å². The molecule has 3 aromatic carbocycles. The number of esters is 1. The molecule has 6 nitrogen and oxygen atoms in total. The van der Waals surface area contributed by atoms with Crippen molar-refractivity contribution < 1.29 is 18.3 Å². The normalized spacial score (nSPS) is 10.7. The lowest BCUT2D eigenvalue weighted by Crippen LogP contribution is -2.06. The topological polar surface area (TPSA) is 69.9 Å². The van der Waals surface area contributed by atoms with E-state index in [2.05, 4.69) is 15.4 Å². The molecule has 0 radical (unpaired) electrons. The lowest BCUT2D eigenvalue weighted by atomic mass is 10.1. The Bertz CT molecular complexity index is 1190. The van der Waals surface area contributed by atoms with E-state index < -0.39 is 11.8 Å². The van der Waals surface area contributed by atoms with Crippen LogP contribution in [0.2, 0.25) is 0 Å². The first-order chi connectivity index (χ1) is 14.6. The van der Waals surface area contributed by atoms with Crippen LogP contribution < -0.4 is 0 Å². The van der Waals surface area contributed by atoms with Crippen LogP contribution in [0.15, 0.2) is 72.8 Å². The number of carbonyl (C=O) groups is 1. The molecule has 0 aliphatic rings. The van der Waals surface area contributed by atoms with Crippen molar-refractivity contribution >= 4 is 5.97 Å². The summed E-state index contributed by atoms with van der Waals surface area (Å²) in [6, 6.07) is 18.6. The predicted molar refractivity (Wildman–Crippen MR) is 104 cm³/mol. The van der Waals surface area contributed by atoms with Crippen LogP contribution in [0.1, 0.15) is 21.5 Å². The van der Waals surface area contributed by atoms with Gasteiger partial charge >= 0.3 is 5.97 Å². The highest BCUT2D eigenvalue weighted by atomic mass is 19.1. The molecule has 0 aliphatic carbocycles. The van der Waals surface area contributed by atoms with Crippen LogP contribution in [0.5, 0.6) is 0 Å². The average molecular weight is 406 g/mol. The van der Waals surface area contributed by atoms with E-state index in [9.17, 15) is 13.6 Å². The Morgan fingerprint density at radius 3 is 2.37 bits per heavy atom. The minimum absolute atomic E-state index is 0.0388. The third kappa shape index (κ3) is 4.72. The number of hydrogen-bond acceptors (Lipinski definition) is 5. The Balaban J connectivity index is 1.45. The monoisotopic (exact) mass is 406 g/mol. The van der Waals surface area contributed by atoms with Crippen molar-refractivity contribution in [3.63, 3.8) is 0 Å². The summed E-state index contributed by atoms with van der Waals surface area (Å²) in [5.41, 5.74) is 2.15. The molecule has 0 N–H and O–H groups in total. The van der Waals surface area contributed by atoms with E-state index in [1.165, 1.54) is 29.1 Å². The van der Waals surface area contributed by atoms with Crippen molar-refractivity contribution in [3.8, 4) is 11.4 Å². The Hall–Kier alpha value is -3.94. The molecule has 0 aliphatic heterocycles. The number of halogens is 2. The molecule has 8 heteroatoms. The van der Waals surface area contributed by atoms with Crippen LogP contribution in [0.25, 0.3) is 11.4 Å². The zero-order valence-corrected chi connectivity index (χ0v) is 15.7. The molecule has 4 rings (SSSR count). The predicted octanol–water partition coefficient (Wildman–Crippen LogP) is 4.02. The number of benzene rings is 3. The van der Waals surface area contributed by atoms with Crippen LogP contribution in [0.4, 0.5) is 8.78 Å². The second-order valence-electron chi connectivity index (χ2n) is 6.56. The minimum atomic E-state index is -0.548. The fourth-order valence-electron chi connectivity index (χ4n) is 2.87. The minimum Gasteiger partial charge on any atom is -0.457 e. The van der Waals surface area contributed by atoms with Gasteiger partial charge in [-0.15, -0.1) is 10.2 Å². The zero-order chi connectivity index (χ0) is 20.9. The number of tetrazole rings is 1. The molecule has 0 saturated carbocycles. The summed E-state index contributed by atoms with van der Waals surface area (Å²) >= 11 is 0. The number of aromatic nitrogens is 4. The van der Waals surface area contributed by atoms with Crippen LogP contribution in [0.3, 0.4) is 0 Å². The van der Waals surface area contributed by atoms with Gasteiger partial charge in [0.25, 0.3) is 0 Å². The smallest absolute Gasteiger partial charge is 0.338 e. The van der Waals surface area contributed by atoms with E-state index in [4.69, 9.17) is 4.74 Å². The summed E-state index contributed by atoms with van der Waals surface area (Å²) in [5.74, 6) is -0.949. The fraction of sp³-hybridized carbons (Fsp3) is 0.0909. The van der Waals surface area contributed by atoms with Gasteiger partial charge in [0.15, 0.2) is 0 Å². The third-order valence-corrected chi connectivity index (χ3v) is 4.28. The number of nitrogens with zero attached hydrogens (tertiary/aromatic N) is 4. The molecule has 1 aromatic heterocycles. The first-order valence-corrected chi connectivity index (χ1v) is 9.11. The van der Waals surface area contributed by atoms with Gasteiger partial charge in [-0.2, -0.15) is 4.80 Å². The van der Waals surface area contributed by atoms with E-state index in [1.807, 2.05) is 0 Å². The van der Waals surface area contributed by atoms with Crippen molar-refractivity contribution in [3.05, 3.63) is 101 Å². The highest BCUT2D eigenvalue weighted by Crippen LogP contribution is 2.17. The Kier molecular flexibility index (Phi) is 5.56. The molecule has 0 saturated heterocycles. The average Bonchev–Trinajstić information content (AvgIpc) is 3.21. The van der Waals surface area contributed by atoms with Gasteiger partial charge in [-0.3, -0.25) is 0 Å². The molecule has 0 unspecified atom stereocenters. The van der Waals surface area contributed by atoms with Gasteiger partial charge in [0.05, 0.1) is 12.1 Å². The van der Waals surface area contributed by atoms with Gasteiger partial charge in [0, 0.05) is 5.56 Å². The molecule has 0 fully saturated rings. The van der Waals surface area contributed by atoms with Crippen molar-refractivity contribution in [2.75, 3.05) is 0 Å². The molecule has 4 aromatic rings. The highest BCUT2D eigenvalue weighted by molar-refractivity contribution is 5.90. The molecule has 0 amide bonds. The van der Waals surface area contributed by atoms with Crippen LogP contribution in [-0.4, -0.2) is 26.2 Å². The Labute approximate surface area is 170 Å². The second kappa shape index (κ2) is 8.60. The van der Waals surface area contributed by atoms with E-state index in [0.717, 1.165) is 0 Å².